The molecule has 3 rings (SSSR count). The summed E-state index contributed by atoms with van der Waals surface area (Å²) >= 11 is 0. The number of aromatic nitrogens is 2. The van der Waals surface area contributed by atoms with Gasteiger partial charge in [0.15, 0.2) is 0 Å². The van der Waals surface area contributed by atoms with Crippen LogP contribution in [0.15, 0.2) is 67.0 Å². The second-order valence-electron chi connectivity index (χ2n) is 5.31. The fraction of sp³-hybridized carbons (Fsp3) is 0.111. The molecular weight excluding hydrogens is 331 g/mol. The van der Waals surface area contributed by atoms with Gasteiger partial charge in [-0.2, -0.15) is 18.3 Å². The Labute approximate surface area is 141 Å². The van der Waals surface area contributed by atoms with Crippen molar-refractivity contribution in [3.05, 3.63) is 83.7 Å². The molecule has 7 heteroatoms. The van der Waals surface area contributed by atoms with Crippen molar-refractivity contribution in [2.75, 3.05) is 0 Å². The summed E-state index contributed by atoms with van der Waals surface area (Å²) in [6, 6.07) is 13.7. The Bertz CT molecular complexity index is 873. The SMILES string of the molecule is O=C(NCc1ccccc1-n1cccn1)c1ccccc1C(F)(F)F. The number of amides is 1. The molecule has 0 fully saturated rings. The van der Waals surface area contributed by atoms with Crippen LogP contribution in [-0.2, 0) is 12.7 Å². The van der Waals surface area contributed by atoms with Gasteiger partial charge in [-0.25, -0.2) is 4.68 Å². The third-order valence-corrected chi connectivity index (χ3v) is 3.66. The van der Waals surface area contributed by atoms with Crippen molar-refractivity contribution in [3.63, 3.8) is 0 Å². The standard InChI is InChI=1S/C18H14F3N3O/c19-18(20,21)15-8-3-2-7-14(15)17(25)22-12-13-6-1-4-9-16(13)24-11-5-10-23-24/h1-11H,12H2,(H,22,25). The van der Waals surface area contributed by atoms with E-state index in [1.807, 2.05) is 12.1 Å². The van der Waals surface area contributed by atoms with Crippen LogP contribution in [0.3, 0.4) is 0 Å². The van der Waals surface area contributed by atoms with Crippen molar-refractivity contribution in [2.24, 2.45) is 0 Å². The largest absolute Gasteiger partial charge is 0.417 e. The Morgan fingerprint density at radius 2 is 1.76 bits per heavy atom. The van der Waals surface area contributed by atoms with Crippen LogP contribution in [0.4, 0.5) is 13.2 Å². The van der Waals surface area contributed by atoms with Gasteiger partial charge in [0, 0.05) is 18.9 Å². The summed E-state index contributed by atoms with van der Waals surface area (Å²) in [6.07, 6.45) is -1.21. The molecule has 1 aromatic heterocycles. The number of rotatable bonds is 4. The number of carbonyl (C=O) groups excluding carboxylic acids is 1. The van der Waals surface area contributed by atoms with Crippen LogP contribution >= 0.6 is 0 Å². The molecule has 0 aliphatic rings. The molecule has 4 nitrogen and oxygen atoms in total. The number of para-hydroxylation sites is 1. The quantitative estimate of drug-likeness (QED) is 0.781. The van der Waals surface area contributed by atoms with Crippen LogP contribution in [-0.4, -0.2) is 15.7 Å². The number of hydrogen-bond acceptors (Lipinski definition) is 2. The molecule has 1 amide bonds. The number of halogens is 3. The zero-order valence-corrected chi connectivity index (χ0v) is 13.0. The molecule has 0 aliphatic carbocycles. The monoisotopic (exact) mass is 345 g/mol. The van der Waals surface area contributed by atoms with Crippen LogP contribution in [0.25, 0.3) is 5.69 Å². The average molecular weight is 345 g/mol. The first-order chi connectivity index (χ1) is 12.0. The summed E-state index contributed by atoms with van der Waals surface area (Å²) in [4.78, 5) is 12.2. The molecule has 0 unspecified atom stereocenters. The van der Waals surface area contributed by atoms with Crippen LogP contribution in [0.2, 0.25) is 0 Å². The Morgan fingerprint density at radius 1 is 1.04 bits per heavy atom. The lowest BCUT2D eigenvalue weighted by atomic mass is 10.1. The molecule has 0 saturated carbocycles. The number of nitrogens with one attached hydrogen (secondary N) is 1. The van der Waals surface area contributed by atoms with Gasteiger partial charge in [-0.15, -0.1) is 0 Å². The molecule has 0 atom stereocenters. The minimum absolute atomic E-state index is 0.0844. The first-order valence-corrected chi connectivity index (χ1v) is 7.49. The van der Waals surface area contributed by atoms with Gasteiger partial charge >= 0.3 is 6.18 Å². The Morgan fingerprint density at radius 3 is 2.48 bits per heavy atom. The molecule has 0 radical (unpaired) electrons. The molecule has 0 bridgehead atoms. The maximum atomic E-state index is 13.0. The van der Waals surface area contributed by atoms with Crippen LogP contribution < -0.4 is 5.32 Å². The molecule has 0 saturated heterocycles. The highest BCUT2D eigenvalue weighted by Gasteiger charge is 2.34. The summed E-state index contributed by atoms with van der Waals surface area (Å²) in [5.74, 6) is -0.775. The van der Waals surface area contributed by atoms with Crippen molar-refractivity contribution in [2.45, 2.75) is 12.7 Å². The van der Waals surface area contributed by atoms with E-state index in [1.54, 1.807) is 35.3 Å². The first-order valence-electron chi connectivity index (χ1n) is 7.49. The van der Waals surface area contributed by atoms with Gasteiger partial charge in [-0.1, -0.05) is 30.3 Å². The van der Waals surface area contributed by atoms with Crippen LogP contribution in [0, 0.1) is 0 Å². The van der Waals surface area contributed by atoms with Crippen molar-refractivity contribution in [1.29, 1.82) is 0 Å². The van der Waals surface area contributed by atoms with Crippen molar-refractivity contribution >= 4 is 5.91 Å². The smallest absolute Gasteiger partial charge is 0.348 e. The minimum atomic E-state index is -4.58. The number of benzene rings is 2. The topological polar surface area (TPSA) is 46.9 Å². The Kier molecular flexibility index (Phi) is 4.56. The zero-order chi connectivity index (χ0) is 17.9. The molecule has 1 N–H and O–H groups in total. The maximum absolute atomic E-state index is 13.0. The van der Waals surface area contributed by atoms with Gasteiger partial charge in [-0.05, 0) is 29.8 Å². The average Bonchev–Trinajstić information content (AvgIpc) is 3.13. The van der Waals surface area contributed by atoms with Gasteiger partial charge in [-0.3, -0.25) is 4.79 Å². The molecule has 25 heavy (non-hydrogen) atoms. The fourth-order valence-corrected chi connectivity index (χ4v) is 2.49. The molecule has 0 spiro atoms. The van der Waals surface area contributed by atoms with Gasteiger partial charge in [0.05, 0.1) is 16.8 Å². The molecule has 0 aliphatic heterocycles. The zero-order valence-electron chi connectivity index (χ0n) is 13.0. The fourth-order valence-electron chi connectivity index (χ4n) is 2.49. The minimum Gasteiger partial charge on any atom is -0.348 e. The van der Waals surface area contributed by atoms with Crippen molar-refractivity contribution in [3.8, 4) is 5.69 Å². The molecule has 3 aromatic rings. The third kappa shape index (κ3) is 3.71. The van der Waals surface area contributed by atoms with Crippen molar-refractivity contribution < 1.29 is 18.0 Å². The van der Waals surface area contributed by atoms with E-state index in [9.17, 15) is 18.0 Å². The lowest BCUT2D eigenvalue weighted by molar-refractivity contribution is -0.137. The number of hydrogen-bond donors (Lipinski definition) is 1. The lowest BCUT2D eigenvalue weighted by Crippen LogP contribution is -2.26. The van der Waals surface area contributed by atoms with E-state index < -0.39 is 23.2 Å². The Hall–Kier alpha value is -3.09. The summed E-state index contributed by atoms with van der Waals surface area (Å²) in [5.41, 5.74) is 0.139. The Balaban J connectivity index is 1.81. The van der Waals surface area contributed by atoms with E-state index in [-0.39, 0.29) is 6.54 Å². The first kappa shape index (κ1) is 16.8. The van der Waals surface area contributed by atoms with E-state index in [4.69, 9.17) is 0 Å². The number of alkyl halides is 3. The van der Waals surface area contributed by atoms with Crippen LogP contribution in [0.5, 0.6) is 0 Å². The highest BCUT2D eigenvalue weighted by molar-refractivity contribution is 5.95. The number of carbonyl (C=O) groups is 1. The van der Waals surface area contributed by atoms with E-state index in [0.29, 0.717) is 0 Å². The van der Waals surface area contributed by atoms with E-state index >= 15 is 0 Å². The highest BCUT2D eigenvalue weighted by Crippen LogP contribution is 2.31. The maximum Gasteiger partial charge on any atom is 0.417 e. The van der Waals surface area contributed by atoms with Gasteiger partial charge < -0.3 is 5.32 Å². The summed E-state index contributed by atoms with van der Waals surface area (Å²) in [5, 5.41) is 6.68. The third-order valence-electron chi connectivity index (χ3n) is 3.66. The highest BCUT2D eigenvalue weighted by atomic mass is 19.4. The van der Waals surface area contributed by atoms with E-state index in [2.05, 4.69) is 10.4 Å². The summed E-state index contributed by atoms with van der Waals surface area (Å²) in [6.45, 7) is 0.0844. The second-order valence-corrected chi connectivity index (χ2v) is 5.31. The second kappa shape index (κ2) is 6.80. The van der Waals surface area contributed by atoms with Gasteiger partial charge in [0.2, 0.25) is 0 Å². The number of nitrogens with zero attached hydrogens (tertiary/aromatic N) is 2. The summed E-state index contributed by atoms with van der Waals surface area (Å²) in [7, 11) is 0. The predicted molar refractivity (Wildman–Crippen MR) is 86.2 cm³/mol. The van der Waals surface area contributed by atoms with Crippen LogP contribution in [0.1, 0.15) is 21.5 Å². The predicted octanol–water partition coefficient (Wildman–Crippen LogP) is 3.82. The van der Waals surface area contributed by atoms with Crippen molar-refractivity contribution in [1.82, 2.24) is 15.1 Å². The summed E-state index contributed by atoms with van der Waals surface area (Å²) < 4.78 is 40.7. The van der Waals surface area contributed by atoms with E-state index in [0.717, 1.165) is 23.4 Å². The van der Waals surface area contributed by atoms with Gasteiger partial charge in [0.1, 0.15) is 0 Å². The van der Waals surface area contributed by atoms with E-state index in [1.165, 1.54) is 12.1 Å². The van der Waals surface area contributed by atoms with Gasteiger partial charge in [0.25, 0.3) is 5.91 Å². The molecular formula is C18H14F3N3O. The normalized spacial score (nSPS) is 11.3. The molecule has 128 valence electrons. The lowest BCUT2D eigenvalue weighted by Gasteiger charge is -2.14. The molecule has 1 heterocycles. The molecule has 2 aromatic carbocycles.